The summed E-state index contributed by atoms with van der Waals surface area (Å²) in [6.07, 6.45) is 2.17. The first kappa shape index (κ1) is 25.8. The van der Waals surface area contributed by atoms with E-state index in [4.69, 9.17) is 10.5 Å². The summed E-state index contributed by atoms with van der Waals surface area (Å²) < 4.78 is 20.3. The van der Waals surface area contributed by atoms with Crippen LogP contribution in [0.4, 0.5) is 4.39 Å². The Morgan fingerprint density at radius 3 is 2.75 bits per heavy atom. The van der Waals surface area contributed by atoms with Gasteiger partial charge in [-0.3, -0.25) is 4.79 Å². The summed E-state index contributed by atoms with van der Waals surface area (Å²) in [5.41, 5.74) is 8.31. The summed E-state index contributed by atoms with van der Waals surface area (Å²) >= 11 is 0. The molecule has 189 valence electrons. The zero-order chi connectivity index (χ0) is 25.7. The van der Waals surface area contributed by atoms with Crippen molar-refractivity contribution in [2.24, 2.45) is 5.73 Å². The molecule has 1 aliphatic rings. The first-order valence-corrected chi connectivity index (χ1v) is 12.3. The van der Waals surface area contributed by atoms with Crippen LogP contribution in [0.25, 0.3) is 11.1 Å². The Bertz CT molecular complexity index is 1240. The van der Waals surface area contributed by atoms with Gasteiger partial charge in [0, 0.05) is 41.3 Å². The number of halogens is 1. The average molecular weight is 492 g/mol. The van der Waals surface area contributed by atoms with E-state index in [0.29, 0.717) is 55.0 Å². The SMILES string of the molecule is Cc1c(F)cccc1-c1c(O)c([C@H]2CCCNC2)[c]c(CCOCCN)c1C(=O)c1cccc(O)c1. The van der Waals surface area contributed by atoms with Crippen LogP contribution < -0.4 is 11.1 Å². The molecule has 3 aromatic carbocycles. The van der Waals surface area contributed by atoms with E-state index in [1.807, 2.05) is 0 Å². The molecule has 1 saturated heterocycles. The second-order valence-electron chi connectivity index (χ2n) is 9.10. The fourth-order valence-electron chi connectivity index (χ4n) is 4.81. The highest BCUT2D eigenvalue weighted by molar-refractivity contribution is 6.15. The largest absolute Gasteiger partial charge is 0.508 e. The molecule has 7 heteroatoms. The summed E-state index contributed by atoms with van der Waals surface area (Å²) in [4.78, 5) is 13.9. The summed E-state index contributed by atoms with van der Waals surface area (Å²) in [7, 11) is 0. The third-order valence-electron chi connectivity index (χ3n) is 6.67. The first-order valence-electron chi connectivity index (χ1n) is 12.3. The number of rotatable bonds is 9. The third kappa shape index (κ3) is 5.43. The lowest BCUT2D eigenvalue weighted by Gasteiger charge is -2.27. The summed E-state index contributed by atoms with van der Waals surface area (Å²) in [6.45, 7) is 4.28. The van der Waals surface area contributed by atoms with Crippen LogP contribution >= 0.6 is 0 Å². The van der Waals surface area contributed by atoms with E-state index in [2.05, 4.69) is 11.4 Å². The van der Waals surface area contributed by atoms with Crippen molar-refractivity contribution in [2.45, 2.75) is 32.1 Å². The molecule has 6 nitrogen and oxygen atoms in total. The van der Waals surface area contributed by atoms with Gasteiger partial charge >= 0.3 is 0 Å². The number of carbonyl (C=O) groups excluding carboxylic acids is 1. The number of hydrogen-bond donors (Lipinski definition) is 4. The number of phenolic OH excluding ortho intramolecular Hbond substituents is 2. The number of nitrogens with two attached hydrogens (primary N) is 1. The molecule has 0 aromatic heterocycles. The zero-order valence-corrected chi connectivity index (χ0v) is 20.4. The normalized spacial score (nSPS) is 15.7. The third-order valence-corrected chi connectivity index (χ3v) is 6.67. The Hall–Kier alpha value is -3.26. The predicted molar refractivity (Wildman–Crippen MR) is 137 cm³/mol. The van der Waals surface area contributed by atoms with Crippen LogP contribution in [0.2, 0.25) is 0 Å². The van der Waals surface area contributed by atoms with E-state index in [1.165, 1.54) is 18.2 Å². The fourth-order valence-corrected chi connectivity index (χ4v) is 4.81. The van der Waals surface area contributed by atoms with Gasteiger partial charge in [-0.05, 0) is 73.7 Å². The fraction of sp³-hybridized carbons (Fsp3) is 0.345. The molecule has 1 fully saturated rings. The van der Waals surface area contributed by atoms with Crippen molar-refractivity contribution in [3.63, 3.8) is 0 Å². The lowest BCUT2D eigenvalue weighted by molar-refractivity contribution is 0.103. The van der Waals surface area contributed by atoms with E-state index >= 15 is 0 Å². The minimum absolute atomic E-state index is 0.00000255. The average Bonchev–Trinajstić information content (AvgIpc) is 2.89. The van der Waals surface area contributed by atoms with Crippen LogP contribution in [0.1, 0.15) is 51.4 Å². The smallest absolute Gasteiger partial charge is 0.194 e. The van der Waals surface area contributed by atoms with Gasteiger partial charge in [-0.25, -0.2) is 4.39 Å². The molecule has 1 aliphatic heterocycles. The maximum absolute atomic E-state index is 14.7. The van der Waals surface area contributed by atoms with Crippen LogP contribution in [-0.2, 0) is 11.2 Å². The minimum atomic E-state index is -0.427. The Labute approximate surface area is 210 Å². The predicted octanol–water partition coefficient (Wildman–Crippen LogP) is 4.23. The van der Waals surface area contributed by atoms with Crippen molar-refractivity contribution in [3.8, 4) is 22.6 Å². The van der Waals surface area contributed by atoms with Crippen LogP contribution in [0.3, 0.4) is 0 Å². The number of phenols is 2. The number of nitrogens with one attached hydrogen (secondary N) is 1. The highest BCUT2D eigenvalue weighted by atomic mass is 19.1. The molecule has 36 heavy (non-hydrogen) atoms. The van der Waals surface area contributed by atoms with Gasteiger partial charge in [0.25, 0.3) is 0 Å². The number of aromatic hydroxyl groups is 2. The summed E-state index contributed by atoms with van der Waals surface area (Å²) in [5, 5.41) is 25.0. The molecule has 0 saturated carbocycles. The van der Waals surface area contributed by atoms with Gasteiger partial charge in [-0.15, -0.1) is 0 Å². The van der Waals surface area contributed by atoms with Crippen molar-refractivity contribution < 1.29 is 24.1 Å². The summed E-state index contributed by atoms with van der Waals surface area (Å²) in [6, 6.07) is 14.1. The van der Waals surface area contributed by atoms with E-state index < -0.39 is 11.6 Å². The Morgan fingerprint density at radius 1 is 1.22 bits per heavy atom. The van der Waals surface area contributed by atoms with E-state index in [9.17, 15) is 19.4 Å². The second kappa shape index (κ2) is 11.6. The maximum atomic E-state index is 14.7. The molecule has 1 atom stereocenters. The van der Waals surface area contributed by atoms with Crippen molar-refractivity contribution in [3.05, 3.63) is 82.2 Å². The van der Waals surface area contributed by atoms with Crippen LogP contribution in [0, 0.1) is 18.8 Å². The molecule has 0 amide bonds. The van der Waals surface area contributed by atoms with Gasteiger partial charge in [-0.2, -0.15) is 0 Å². The van der Waals surface area contributed by atoms with Gasteiger partial charge in [0.05, 0.1) is 13.2 Å². The van der Waals surface area contributed by atoms with Gasteiger partial charge in [0.15, 0.2) is 5.78 Å². The first-order chi connectivity index (χ1) is 17.4. The van der Waals surface area contributed by atoms with Gasteiger partial charge in [0.1, 0.15) is 17.3 Å². The minimum Gasteiger partial charge on any atom is -0.508 e. The topological polar surface area (TPSA) is 105 Å². The quantitative estimate of drug-likeness (QED) is 0.264. The van der Waals surface area contributed by atoms with Crippen LogP contribution in [-0.4, -0.2) is 48.8 Å². The van der Waals surface area contributed by atoms with Gasteiger partial charge < -0.3 is 26.0 Å². The number of carbonyl (C=O) groups is 1. The van der Waals surface area contributed by atoms with Crippen LogP contribution in [0.5, 0.6) is 11.5 Å². The Balaban J connectivity index is 1.98. The molecule has 0 bridgehead atoms. The number of benzene rings is 3. The second-order valence-corrected chi connectivity index (χ2v) is 9.10. The van der Waals surface area contributed by atoms with E-state index in [0.717, 1.165) is 19.4 Å². The molecule has 0 aliphatic carbocycles. The number of ketones is 1. The molecular weight excluding hydrogens is 459 g/mol. The summed E-state index contributed by atoms with van der Waals surface area (Å²) in [5.74, 6) is -0.926. The number of piperidine rings is 1. The monoisotopic (exact) mass is 491 g/mol. The lowest BCUT2D eigenvalue weighted by atomic mass is 9.81. The standard InChI is InChI=1S/C29H32FN2O4/c1-18-23(8-3-9-25(18)30)27-26(28(34)20-5-2-7-22(33)15-20)19(10-13-36-14-11-31)16-24(29(27)35)21-6-4-12-32-17-21/h2-3,5,7-9,15,21,32-33,35H,4,6,10-14,17,31H2,1H3/t21-/m0/s1. The van der Waals surface area contributed by atoms with Crippen molar-refractivity contribution in [1.82, 2.24) is 5.32 Å². The lowest BCUT2D eigenvalue weighted by Crippen LogP contribution is -2.28. The van der Waals surface area contributed by atoms with Gasteiger partial charge in [-0.1, -0.05) is 24.3 Å². The van der Waals surface area contributed by atoms with E-state index in [-0.39, 0.29) is 34.1 Å². The van der Waals surface area contributed by atoms with Crippen molar-refractivity contribution in [1.29, 1.82) is 0 Å². The highest BCUT2D eigenvalue weighted by Gasteiger charge is 2.29. The molecule has 1 heterocycles. The molecule has 1 radical (unpaired) electrons. The van der Waals surface area contributed by atoms with Crippen LogP contribution in [0.15, 0.2) is 42.5 Å². The van der Waals surface area contributed by atoms with E-state index in [1.54, 1.807) is 31.2 Å². The number of ether oxygens (including phenoxy) is 1. The van der Waals surface area contributed by atoms with Gasteiger partial charge in [0.2, 0.25) is 0 Å². The molecule has 5 N–H and O–H groups in total. The highest BCUT2D eigenvalue weighted by Crippen LogP contribution is 2.44. The molecular formula is C29H32FN2O4. The molecule has 4 rings (SSSR count). The number of hydrogen-bond acceptors (Lipinski definition) is 6. The van der Waals surface area contributed by atoms with Crippen molar-refractivity contribution >= 4 is 5.78 Å². The van der Waals surface area contributed by atoms with Crippen molar-refractivity contribution in [2.75, 3.05) is 32.8 Å². The zero-order valence-electron chi connectivity index (χ0n) is 20.4. The molecule has 0 unspecified atom stereocenters. The Morgan fingerprint density at radius 2 is 2.03 bits per heavy atom. The maximum Gasteiger partial charge on any atom is 0.194 e. The molecule has 3 aromatic rings. The molecule has 0 spiro atoms. The Kier molecular flexibility index (Phi) is 8.36.